The first kappa shape index (κ1) is 15.8. The number of nitrogens with two attached hydrogens (primary N) is 2. The summed E-state index contributed by atoms with van der Waals surface area (Å²) in [5, 5.41) is 0. The lowest BCUT2D eigenvalue weighted by atomic mass is 10.1. The zero-order valence-electron chi connectivity index (χ0n) is 11.5. The Morgan fingerprint density at radius 3 is 2.53 bits per heavy atom. The summed E-state index contributed by atoms with van der Waals surface area (Å²) in [6.07, 6.45) is 6.22. The van der Waals surface area contributed by atoms with Crippen molar-refractivity contribution < 1.29 is 0 Å². The molecule has 0 heterocycles. The van der Waals surface area contributed by atoms with Crippen molar-refractivity contribution in [1.82, 2.24) is 0 Å². The molecule has 0 radical (unpaired) electrons. The molecule has 0 fully saturated rings. The minimum atomic E-state index is -1.23. The SMILES string of the molecule is CC(C=CC#C[Si](C)(C)C)CCCN=C(N)N. The predicted molar refractivity (Wildman–Crippen MR) is 79.3 cm³/mol. The number of hydrogen-bond donors (Lipinski definition) is 2. The van der Waals surface area contributed by atoms with Crippen molar-refractivity contribution in [2.75, 3.05) is 6.54 Å². The highest BCUT2D eigenvalue weighted by Crippen LogP contribution is 2.06. The van der Waals surface area contributed by atoms with Crippen molar-refractivity contribution >= 4 is 14.0 Å². The van der Waals surface area contributed by atoms with Gasteiger partial charge in [-0.05, 0) is 24.8 Å². The lowest BCUT2D eigenvalue weighted by molar-refractivity contribution is 0.613. The number of rotatable bonds is 5. The second-order valence-corrected chi connectivity index (χ2v) is 10.1. The summed E-state index contributed by atoms with van der Waals surface area (Å²) in [5.74, 6) is 3.83. The van der Waals surface area contributed by atoms with Gasteiger partial charge in [0.05, 0.1) is 0 Å². The lowest BCUT2D eigenvalue weighted by Gasteiger charge is -2.04. The normalized spacial score (nSPS) is 12.9. The number of guanidine groups is 1. The molecule has 0 aromatic heterocycles. The summed E-state index contributed by atoms with van der Waals surface area (Å²) in [6.45, 7) is 9.62. The first-order valence-electron chi connectivity index (χ1n) is 6.06. The van der Waals surface area contributed by atoms with E-state index < -0.39 is 8.07 Å². The number of allylic oxidation sites excluding steroid dienone is 2. The third kappa shape index (κ3) is 12.7. The monoisotopic (exact) mass is 251 g/mol. The highest BCUT2D eigenvalue weighted by atomic mass is 28.3. The summed E-state index contributed by atoms with van der Waals surface area (Å²) < 4.78 is 0. The van der Waals surface area contributed by atoms with Crippen molar-refractivity contribution in [3.8, 4) is 11.5 Å². The van der Waals surface area contributed by atoms with Crippen LogP contribution in [0.3, 0.4) is 0 Å². The van der Waals surface area contributed by atoms with E-state index in [4.69, 9.17) is 11.5 Å². The quantitative estimate of drug-likeness (QED) is 0.258. The molecule has 0 aliphatic rings. The van der Waals surface area contributed by atoms with E-state index in [-0.39, 0.29) is 5.96 Å². The minimum Gasteiger partial charge on any atom is -0.370 e. The zero-order chi connectivity index (χ0) is 13.3. The smallest absolute Gasteiger partial charge is 0.185 e. The van der Waals surface area contributed by atoms with Crippen molar-refractivity contribution in [1.29, 1.82) is 0 Å². The summed E-state index contributed by atoms with van der Waals surface area (Å²) >= 11 is 0. The van der Waals surface area contributed by atoms with Gasteiger partial charge in [-0.25, -0.2) is 0 Å². The van der Waals surface area contributed by atoms with Crippen LogP contribution in [0, 0.1) is 17.4 Å². The van der Waals surface area contributed by atoms with E-state index in [2.05, 4.69) is 49.1 Å². The van der Waals surface area contributed by atoms with E-state index in [0.717, 1.165) is 12.8 Å². The topological polar surface area (TPSA) is 64.4 Å². The third-order valence-corrected chi connectivity index (χ3v) is 2.96. The van der Waals surface area contributed by atoms with Crippen LogP contribution in [-0.4, -0.2) is 20.6 Å². The Morgan fingerprint density at radius 1 is 1.35 bits per heavy atom. The Balaban J connectivity index is 3.85. The summed E-state index contributed by atoms with van der Waals surface area (Å²) in [5.41, 5.74) is 13.8. The van der Waals surface area contributed by atoms with Crippen molar-refractivity contribution in [3.63, 3.8) is 0 Å². The Morgan fingerprint density at radius 2 is 2.00 bits per heavy atom. The van der Waals surface area contributed by atoms with Gasteiger partial charge in [0.1, 0.15) is 8.07 Å². The highest BCUT2D eigenvalue weighted by molar-refractivity contribution is 6.83. The average Bonchev–Trinajstić information content (AvgIpc) is 2.18. The third-order valence-electron chi connectivity index (χ3n) is 2.07. The van der Waals surface area contributed by atoms with Crippen LogP contribution >= 0.6 is 0 Å². The molecule has 0 spiro atoms. The van der Waals surface area contributed by atoms with Gasteiger partial charge in [0.2, 0.25) is 0 Å². The first-order chi connectivity index (χ1) is 7.81. The van der Waals surface area contributed by atoms with Gasteiger partial charge in [-0.15, -0.1) is 5.54 Å². The fourth-order valence-electron chi connectivity index (χ4n) is 1.19. The minimum absolute atomic E-state index is 0.175. The summed E-state index contributed by atoms with van der Waals surface area (Å²) in [7, 11) is -1.23. The molecule has 0 aromatic rings. The van der Waals surface area contributed by atoms with Gasteiger partial charge in [0, 0.05) is 6.54 Å². The largest absolute Gasteiger partial charge is 0.370 e. The fourth-order valence-corrected chi connectivity index (χ4v) is 1.70. The van der Waals surface area contributed by atoms with Crippen LogP contribution in [-0.2, 0) is 0 Å². The van der Waals surface area contributed by atoms with Crippen LogP contribution in [0.2, 0.25) is 19.6 Å². The van der Waals surface area contributed by atoms with E-state index in [1.54, 1.807) is 0 Å². The van der Waals surface area contributed by atoms with E-state index >= 15 is 0 Å². The molecule has 0 rings (SSSR count). The molecule has 3 nitrogen and oxygen atoms in total. The predicted octanol–water partition coefficient (Wildman–Crippen LogP) is 2.11. The number of hydrogen-bond acceptors (Lipinski definition) is 1. The standard InChI is InChI=1S/C13H25N3Si/c1-12(9-7-10-16-13(14)15)8-5-6-11-17(2,3)4/h5,8,12H,7,9-10H2,1-4H3,(H4,14,15,16). The Hall–Kier alpha value is -1.21. The van der Waals surface area contributed by atoms with Crippen molar-refractivity contribution in [3.05, 3.63) is 12.2 Å². The van der Waals surface area contributed by atoms with Gasteiger partial charge in [-0.2, -0.15) is 0 Å². The van der Waals surface area contributed by atoms with Crippen molar-refractivity contribution in [2.24, 2.45) is 22.4 Å². The van der Waals surface area contributed by atoms with Crippen LogP contribution < -0.4 is 11.5 Å². The maximum absolute atomic E-state index is 5.25. The number of aliphatic imine (C=N–C) groups is 1. The van der Waals surface area contributed by atoms with E-state index in [0.29, 0.717) is 12.5 Å². The highest BCUT2D eigenvalue weighted by Gasteiger charge is 2.06. The molecule has 0 saturated carbocycles. The molecule has 0 saturated heterocycles. The van der Waals surface area contributed by atoms with Gasteiger partial charge in [-0.1, -0.05) is 38.6 Å². The first-order valence-corrected chi connectivity index (χ1v) is 9.56. The second-order valence-electron chi connectivity index (χ2n) is 5.30. The lowest BCUT2D eigenvalue weighted by Crippen LogP contribution is -2.22. The van der Waals surface area contributed by atoms with Crippen LogP contribution in [0.15, 0.2) is 17.1 Å². The molecular weight excluding hydrogens is 226 g/mol. The summed E-state index contributed by atoms with van der Waals surface area (Å²) in [4.78, 5) is 3.95. The number of nitrogens with zero attached hydrogens (tertiary/aromatic N) is 1. The van der Waals surface area contributed by atoms with E-state index in [1.165, 1.54) is 0 Å². The molecule has 0 aliphatic heterocycles. The second kappa shape index (κ2) is 7.96. The van der Waals surface area contributed by atoms with Gasteiger partial charge in [0.25, 0.3) is 0 Å². The maximum atomic E-state index is 5.25. The van der Waals surface area contributed by atoms with Crippen LogP contribution in [0.25, 0.3) is 0 Å². The Kier molecular flexibility index (Phi) is 7.40. The van der Waals surface area contributed by atoms with Crippen LogP contribution in [0.5, 0.6) is 0 Å². The molecule has 17 heavy (non-hydrogen) atoms. The maximum Gasteiger partial charge on any atom is 0.185 e. The van der Waals surface area contributed by atoms with E-state index in [9.17, 15) is 0 Å². The van der Waals surface area contributed by atoms with Crippen molar-refractivity contribution in [2.45, 2.75) is 39.4 Å². The molecule has 0 aromatic carbocycles. The molecule has 0 bridgehead atoms. The Bertz CT molecular complexity index is 325. The fraction of sp³-hybridized carbons (Fsp3) is 0.615. The van der Waals surface area contributed by atoms with E-state index in [1.807, 2.05) is 6.08 Å². The molecule has 0 amide bonds. The average molecular weight is 251 g/mol. The van der Waals surface area contributed by atoms with Crippen LogP contribution in [0.4, 0.5) is 0 Å². The van der Waals surface area contributed by atoms with Crippen LogP contribution in [0.1, 0.15) is 19.8 Å². The molecule has 1 atom stereocenters. The molecule has 0 aliphatic carbocycles. The molecule has 96 valence electrons. The molecule has 4 N–H and O–H groups in total. The molecule has 1 unspecified atom stereocenters. The van der Waals surface area contributed by atoms with Gasteiger partial charge in [0.15, 0.2) is 5.96 Å². The zero-order valence-corrected chi connectivity index (χ0v) is 12.5. The molecular formula is C13H25N3Si. The van der Waals surface area contributed by atoms with Gasteiger partial charge in [-0.3, -0.25) is 4.99 Å². The van der Waals surface area contributed by atoms with Gasteiger partial charge >= 0.3 is 0 Å². The summed E-state index contributed by atoms with van der Waals surface area (Å²) in [6, 6.07) is 0. The Labute approximate surface area is 106 Å². The van der Waals surface area contributed by atoms with Gasteiger partial charge < -0.3 is 11.5 Å². The molecule has 4 heteroatoms.